The molecule has 0 spiro atoms. The fraction of sp³-hybridized carbons (Fsp3) is 0.333. The van der Waals surface area contributed by atoms with Gasteiger partial charge in [0.1, 0.15) is 0 Å². The second kappa shape index (κ2) is 6.88. The Morgan fingerprint density at radius 3 is 2.50 bits per heavy atom. The molecule has 1 saturated heterocycles. The van der Waals surface area contributed by atoms with Crippen molar-refractivity contribution in [3.63, 3.8) is 0 Å². The maximum atomic E-state index is 6.65. The third kappa shape index (κ3) is 2.69. The van der Waals surface area contributed by atoms with Crippen molar-refractivity contribution in [1.29, 1.82) is 0 Å². The Morgan fingerprint density at radius 2 is 1.73 bits per heavy atom. The van der Waals surface area contributed by atoms with Gasteiger partial charge in [0.25, 0.3) is 0 Å². The van der Waals surface area contributed by atoms with Gasteiger partial charge in [-0.25, -0.2) is 0 Å². The van der Waals surface area contributed by atoms with E-state index in [1.807, 2.05) is 0 Å². The lowest BCUT2D eigenvalue weighted by Crippen LogP contribution is -2.59. The quantitative estimate of drug-likeness (QED) is 0.552. The Balaban J connectivity index is 1.62. The van der Waals surface area contributed by atoms with Crippen molar-refractivity contribution in [2.45, 2.75) is 31.4 Å². The van der Waals surface area contributed by atoms with Gasteiger partial charge in [-0.3, -0.25) is 0 Å². The lowest BCUT2D eigenvalue weighted by Gasteiger charge is -2.48. The molecule has 3 nitrogen and oxygen atoms in total. The molecule has 1 fully saturated rings. The molecule has 1 atom stereocenters. The summed E-state index contributed by atoms with van der Waals surface area (Å²) >= 11 is 0. The van der Waals surface area contributed by atoms with Crippen molar-refractivity contribution in [3.05, 3.63) is 77.9 Å². The first kappa shape index (κ1) is 19.2. The summed E-state index contributed by atoms with van der Waals surface area (Å²) in [6, 6.07) is 22.0. The van der Waals surface area contributed by atoms with Crippen LogP contribution in [0.25, 0.3) is 16.8 Å². The van der Waals surface area contributed by atoms with Crippen molar-refractivity contribution < 1.29 is 4.74 Å². The molecule has 0 aliphatic carbocycles. The Hall–Kier alpha value is -2.78. The van der Waals surface area contributed by atoms with Crippen LogP contribution in [-0.4, -0.2) is 33.0 Å². The van der Waals surface area contributed by atoms with Gasteiger partial charge in [-0.2, -0.15) is 0 Å². The molecule has 0 saturated carbocycles. The first-order valence-electron chi connectivity index (χ1n) is 10.8. The van der Waals surface area contributed by atoms with Crippen LogP contribution < -0.4 is 9.80 Å². The van der Waals surface area contributed by atoms with E-state index in [0.29, 0.717) is 0 Å². The monoisotopic (exact) mass is 398 g/mol. The van der Waals surface area contributed by atoms with Gasteiger partial charge in [-0.1, -0.05) is 62.4 Å². The van der Waals surface area contributed by atoms with E-state index in [2.05, 4.69) is 111 Å². The normalized spacial score (nSPS) is 22.3. The van der Waals surface area contributed by atoms with Gasteiger partial charge in [0, 0.05) is 37.4 Å². The van der Waals surface area contributed by atoms with Crippen LogP contribution in [0.3, 0.4) is 0 Å². The van der Waals surface area contributed by atoms with Crippen LogP contribution in [0, 0.1) is 0 Å². The highest BCUT2D eigenvalue weighted by atomic mass is 16.5. The van der Waals surface area contributed by atoms with E-state index >= 15 is 0 Å². The molecule has 0 bridgehead atoms. The van der Waals surface area contributed by atoms with E-state index in [1.54, 1.807) is 0 Å². The third-order valence-electron chi connectivity index (χ3n) is 6.88. The van der Waals surface area contributed by atoms with Crippen molar-refractivity contribution in [3.8, 4) is 0 Å². The number of rotatable bonds is 3. The first-order chi connectivity index (χ1) is 14.4. The van der Waals surface area contributed by atoms with Crippen LogP contribution in [0.4, 0.5) is 11.4 Å². The lowest BCUT2D eigenvalue weighted by molar-refractivity contribution is -0.0680. The summed E-state index contributed by atoms with van der Waals surface area (Å²) in [6.45, 7) is 6.47. The predicted octanol–water partition coefficient (Wildman–Crippen LogP) is 5.83. The zero-order valence-electron chi connectivity index (χ0n) is 18.4. The lowest BCUT2D eigenvalue weighted by atomic mass is 9.75. The average Bonchev–Trinajstić information content (AvgIpc) is 2.97. The van der Waals surface area contributed by atoms with Crippen molar-refractivity contribution >= 4 is 28.2 Å². The standard InChI is InChI=1S/C27H30N2O/c1-26(2)25-23-9-6-5-8-21(23)12-15-24(25)29-18-7-19-30-27(26,29)17-16-20-10-13-22(14-11-20)28(3)4/h5-6,8-17H,7,18-19H2,1-4H3/b17-16+. The topological polar surface area (TPSA) is 15.7 Å². The molecule has 3 aromatic carbocycles. The van der Waals surface area contributed by atoms with Crippen molar-refractivity contribution in [1.82, 2.24) is 0 Å². The zero-order chi connectivity index (χ0) is 20.9. The molecular formula is C27H30N2O. The maximum Gasteiger partial charge on any atom is 0.170 e. The van der Waals surface area contributed by atoms with Gasteiger partial charge in [-0.05, 0) is 52.6 Å². The Bertz CT molecular complexity index is 1110. The second-order valence-electron chi connectivity index (χ2n) is 9.18. The van der Waals surface area contributed by atoms with Gasteiger partial charge in [-0.15, -0.1) is 0 Å². The van der Waals surface area contributed by atoms with E-state index in [0.717, 1.165) is 19.6 Å². The molecule has 5 rings (SSSR count). The molecule has 2 aliphatic heterocycles. The van der Waals surface area contributed by atoms with Crippen molar-refractivity contribution in [2.75, 3.05) is 37.0 Å². The molecule has 3 heteroatoms. The fourth-order valence-electron chi connectivity index (χ4n) is 5.27. The molecule has 2 aliphatic rings. The zero-order valence-corrected chi connectivity index (χ0v) is 18.4. The number of fused-ring (bicyclic) bond motifs is 5. The highest BCUT2D eigenvalue weighted by Gasteiger charge is 2.58. The van der Waals surface area contributed by atoms with Gasteiger partial charge in [0.05, 0.1) is 6.61 Å². The summed E-state index contributed by atoms with van der Waals surface area (Å²) in [6.07, 6.45) is 5.58. The van der Waals surface area contributed by atoms with Gasteiger partial charge >= 0.3 is 0 Å². The number of anilines is 2. The van der Waals surface area contributed by atoms with Crippen LogP contribution >= 0.6 is 0 Å². The average molecular weight is 399 g/mol. The SMILES string of the molecule is CN(C)c1ccc(/C=C/C23OCCCN2c2ccc4ccccc4c2C3(C)C)cc1. The first-order valence-corrected chi connectivity index (χ1v) is 10.8. The molecule has 154 valence electrons. The molecule has 30 heavy (non-hydrogen) atoms. The summed E-state index contributed by atoms with van der Waals surface area (Å²) in [5.74, 6) is 0. The van der Waals surface area contributed by atoms with Crippen LogP contribution in [0.5, 0.6) is 0 Å². The fourth-order valence-corrected chi connectivity index (χ4v) is 5.27. The molecule has 0 N–H and O–H groups in total. The number of nitrogens with zero attached hydrogens (tertiary/aromatic N) is 2. The Kier molecular flexibility index (Phi) is 4.41. The number of benzene rings is 3. The van der Waals surface area contributed by atoms with Gasteiger partial charge in [0.15, 0.2) is 5.72 Å². The third-order valence-corrected chi connectivity index (χ3v) is 6.88. The number of hydrogen-bond donors (Lipinski definition) is 0. The van der Waals surface area contributed by atoms with E-state index in [1.165, 1.54) is 33.3 Å². The number of ether oxygens (including phenoxy) is 1. The summed E-state index contributed by atoms with van der Waals surface area (Å²) < 4.78 is 6.65. The van der Waals surface area contributed by atoms with E-state index in [4.69, 9.17) is 4.74 Å². The van der Waals surface area contributed by atoms with Crippen LogP contribution in [0.1, 0.15) is 31.4 Å². The Labute approximate surface area is 179 Å². The predicted molar refractivity (Wildman–Crippen MR) is 127 cm³/mol. The number of hydrogen-bond acceptors (Lipinski definition) is 3. The molecule has 0 aromatic heterocycles. The minimum atomic E-state index is -0.474. The van der Waals surface area contributed by atoms with Crippen LogP contribution in [-0.2, 0) is 10.2 Å². The minimum absolute atomic E-state index is 0.177. The highest BCUT2D eigenvalue weighted by Crippen LogP contribution is 2.56. The largest absolute Gasteiger partial charge is 0.378 e. The summed E-state index contributed by atoms with van der Waals surface area (Å²) in [5, 5.41) is 2.63. The van der Waals surface area contributed by atoms with Crippen LogP contribution in [0.2, 0.25) is 0 Å². The highest BCUT2D eigenvalue weighted by molar-refractivity contribution is 5.94. The molecule has 2 heterocycles. The summed E-state index contributed by atoms with van der Waals surface area (Å²) in [4.78, 5) is 4.61. The van der Waals surface area contributed by atoms with Crippen LogP contribution in [0.15, 0.2) is 66.7 Å². The molecule has 3 aromatic rings. The molecule has 0 amide bonds. The van der Waals surface area contributed by atoms with E-state index < -0.39 is 5.72 Å². The van der Waals surface area contributed by atoms with E-state index in [9.17, 15) is 0 Å². The molecular weight excluding hydrogens is 368 g/mol. The molecule has 1 unspecified atom stereocenters. The molecule has 0 radical (unpaired) electrons. The second-order valence-corrected chi connectivity index (χ2v) is 9.18. The smallest absolute Gasteiger partial charge is 0.170 e. The maximum absolute atomic E-state index is 6.65. The summed E-state index contributed by atoms with van der Waals surface area (Å²) in [5.41, 5.74) is 4.46. The van der Waals surface area contributed by atoms with Gasteiger partial charge < -0.3 is 14.5 Å². The van der Waals surface area contributed by atoms with Gasteiger partial charge in [0.2, 0.25) is 0 Å². The summed E-state index contributed by atoms with van der Waals surface area (Å²) in [7, 11) is 4.14. The van der Waals surface area contributed by atoms with Crippen molar-refractivity contribution in [2.24, 2.45) is 0 Å². The Morgan fingerprint density at radius 1 is 0.967 bits per heavy atom. The minimum Gasteiger partial charge on any atom is -0.378 e. The van der Waals surface area contributed by atoms with E-state index in [-0.39, 0.29) is 5.41 Å².